The summed E-state index contributed by atoms with van der Waals surface area (Å²) in [6.45, 7) is 1.74. The Labute approximate surface area is 169 Å². The number of carbonyl (C=O) groups excluding carboxylic acids is 2. The standard InChI is InChI=1S/C20H14N4O6/c1-13-8-9-21-18(10-13)22(19(25)14-4-2-6-16(11-14)23(27)28)20(26)15-5-3-7-17(12-15)24(29)30/h2-12H,1H3. The van der Waals surface area contributed by atoms with E-state index in [1.165, 1.54) is 48.7 Å². The summed E-state index contributed by atoms with van der Waals surface area (Å²) in [4.78, 5) is 51.9. The maximum Gasteiger partial charge on any atom is 0.270 e. The maximum absolute atomic E-state index is 13.2. The van der Waals surface area contributed by atoms with Gasteiger partial charge in [0.2, 0.25) is 0 Å². The second-order valence-corrected chi connectivity index (χ2v) is 6.25. The summed E-state index contributed by atoms with van der Waals surface area (Å²) in [5.41, 5.74) is -0.136. The molecule has 0 spiro atoms. The van der Waals surface area contributed by atoms with E-state index < -0.39 is 21.7 Å². The molecule has 2 amide bonds. The average Bonchev–Trinajstić information content (AvgIpc) is 2.74. The lowest BCUT2D eigenvalue weighted by Crippen LogP contribution is -2.37. The molecule has 30 heavy (non-hydrogen) atoms. The molecule has 3 aromatic rings. The maximum atomic E-state index is 13.2. The molecule has 0 N–H and O–H groups in total. The number of nitro benzene ring substituents is 2. The van der Waals surface area contributed by atoms with E-state index in [0.717, 1.165) is 17.0 Å². The van der Waals surface area contributed by atoms with Crippen LogP contribution in [0.3, 0.4) is 0 Å². The zero-order valence-corrected chi connectivity index (χ0v) is 15.6. The number of aryl methyl sites for hydroxylation is 1. The van der Waals surface area contributed by atoms with Gasteiger partial charge in [0.15, 0.2) is 0 Å². The lowest BCUT2D eigenvalue weighted by atomic mass is 10.1. The summed E-state index contributed by atoms with van der Waals surface area (Å²) in [6, 6.07) is 13.0. The molecule has 10 heteroatoms. The second kappa shape index (κ2) is 8.27. The minimum Gasteiger partial charge on any atom is -0.268 e. The van der Waals surface area contributed by atoms with Crippen LogP contribution in [0, 0.1) is 27.2 Å². The summed E-state index contributed by atoms with van der Waals surface area (Å²) in [7, 11) is 0. The predicted octanol–water partition coefficient (Wildman–Crippen LogP) is 3.69. The number of hydrogen-bond acceptors (Lipinski definition) is 7. The van der Waals surface area contributed by atoms with Crippen LogP contribution < -0.4 is 4.90 Å². The van der Waals surface area contributed by atoms with Crippen LogP contribution in [0.4, 0.5) is 17.2 Å². The van der Waals surface area contributed by atoms with Gasteiger partial charge in [0.25, 0.3) is 23.2 Å². The summed E-state index contributed by atoms with van der Waals surface area (Å²) in [6.07, 6.45) is 1.40. The van der Waals surface area contributed by atoms with Crippen LogP contribution in [0.25, 0.3) is 0 Å². The van der Waals surface area contributed by atoms with Crippen LogP contribution >= 0.6 is 0 Å². The number of nitrogens with zero attached hydrogens (tertiary/aromatic N) is 4. The number of amides is 2. The smallest absolute Gasteiger partial charge is 0.268 e. The van der Waals surface area contributed by atoms with Crippen molar-refractivity contribution in [1.82, 2.24) is 4.98 Å². The molecule has 0 aliphatic rings. The minimum absolute atomic E-state index is 0.0111. The molecule has 0 fully saturated rings. The van der Waals surface area contributed by atoms with Crippen molar-refractivity contribution in [3.05, 3.63) is 104 Å². The van der Waals surface area contributed by atoms with Gasteiger partial charge in [-0.2, -0.15) is 0 Å². The molecule has 150 valence electrons. The van der Waals surface area contributed by atoms with E-state index >= 15 is 0 Å². The van der Waals surface area contributed by atoms with Gasteiger partial charge in [0, 0.05) is 41.6 Å². The molecule has 0 saturated heterocycles. The monoisotopic (exact) mass is 406 g/mol. The Kier molecular flexibility index (Phi) is 5.59. The highest BCUT2D eigenvalue weighted by Gasteiger charge is 2.29. The number of carbonyl (C=O) groups is 2. The Morgan fingerprint density at radius 2 is 1.33 bits per heavy atom. The first-order valence-electron chi connectivity index (χ1n) is 8.58. The van der Waals surface area contributed by atoms with Gasteiger partial charge in [-0.05, 0) is 36.8 Å². The molecule has 0 aliphatic heterocycles. The summed E-state index contributed by atoms with van der Waals surface area (Å²) < 4.78 is 0. The normalized spacial score (nSPS) is 10.3. The summed E-state index contributed by atoms with van der Waals surface area (Å²) in [5.74, 6) is -1.72. The highest BCUT2D eigenvalue weighted by atomic mass is 16.6. The lowest BCUT2D eigenvalue weighted by molar-refractivity contribution is -0.385. The zero-order chi connectivity index (χ0) is 21.8. The topological polar surface area (TPSA) is 137 Å². The van der Waals surface area contributed by atoms with Crippen LogP contribution in [0.2, 0.25) is 0 Å². The van der Waals surface area contributed by atoms with Crippen molar-refractivity contribution in [1.29, 1.82) is 0 Å². The SMILES string of the molecule is Cc1ccnc(N(C(=O)c2cccc([N+](=O)[O-])c2)C(=O)c2cccc([N+](=O)[O-])c2)c1. The van der Waals surface area contributed by atoms with Gasteiger partial charge in [0.05, 0.1) is 9.85 Å². The molecule has 0 radical (unpaired) electrons. The fraction of sp³-hybridized carbons (Fsp3) is 0.0500. The number of benzene rings is 2. The molecule has 0 aliphatic carbocycles. The Bertz CT molecular complexity index is 1110. The number of anilines is 1. The van der Waals surface area contributed by atoms with E-state index in [-0.39, 0.29) is 28.3 Å². The molecule has 10 nitrogen and oxygen atoms in total. The van der Waals surface area contributed by atoms with Gasteiger partial charge in [0.1, 0.15) is 5.82 Å². The van der Waals surface area contributed by atoms with Crippen molar-refractivity contribution in [2.24, 2.45) is 0 Å². The Balaban J connectivity index is 2.12. The first kappa shape index (κ1) is 20.3. The van der Waals surface area contributed by atoms with E-state index in [1.807, 2.05) is 0 Å². The number of aromatic nitrogens is 1. The van der Waals surface area contributed by atoms with Gasteiger partial charge < -0.3 is 0 Å². The van der Waals surface area contributed by atoms with E-state index in [0.29, 0.717) is 5.56 Å². The number of hydrogen-bond donors (Lipinski definition) is 0. The number of pyridine rings is 1. The molecule has 0 unspecified atom stereocenters. The van der Waals surface area contributed by atoms with Crippen molar-refractivity contribution in [2.45, 2.75) is 6.92 Å². The fourth-order valence-electron chi connectivity index (χ4n) is 2.71. The van der Waals surface area contributed by atoms with Crippen LogP contribution in [-0.4, -0.2) is 26.6 Å². The predicted molar refractivity (Wildman–Crippen MR) is 106 cm³/mol. The third-order valence-corrected chi connectivity index (χ3v) is 4.14. The average molecular weight is 406 g/mol. The number of rotatable bonds is 5. The number of imide groups is 1. The third-order valence-electron chi connectivity index (χ3n) is 4.14. The van der Waals surface area contributed by atoms with Gasteiger partial charge in [-0.1, -0.05) is 12.1 Å². The van der Waals surface area contributed by atoms with Gasteiger partial charge in [-0.25, -0.2) is 9.88 Å². The highest BCUT2D eigenvalue weighted by molar-refractivity contribution is 6.25. The second-order valence-electron chi connectivity index (χ2n) is 6.25. The summed E-state index contributed by atoms with van der Waals surface area (Å²) in [5, 5.41) is 22.1. The minimum atomic E-state index is -0.853. The zero-order valence-electron chi connectivity index (χ0n) is 15.6. The highest BCUT2D eigenvalue weighted by Crippen LogP contribution is 2.23. The lowest BCUT2D eigenvalue weighted by Gasteiger charge is -2.20. The molecule has 2 aromatic carbocycles. The van der Waals surface area contributed by atoms with Crippen molar-refractivity contribution in [3.63, 3.8) is 0 Å². The molecule has 0 bridgehead atoms. The number of non-ortho nitro benzene ring substituents is 2. The summed E-state index contributed by atoms with van der Waals surface area (Å²) >= 11 is 0. The quantitative estimate of drug-likeness (QED) is 0.358. The Morgan fingerprint density at radius 3 is 1.77 bits per heavy atom. The Hall–Kier alpha value is -4.47. The van der Waals surface area contributed by atoms with Crippen molar-refractivity contribution < 1.29 is 19.4 Å². The first-order valence-corrected chi connectivity index (χ1v) is 8.58. The van der Waals surface area contributed by atoms with Gasteiger partial charge in [-0.15, -0.1) is 0 Å². The molecule has 1 aromatic heterocycles. The van der Waals surface area contributed by atoms with E-state index in [1.54, 1.807) is 13.0 Å². The van der Waals surface area contributed by atoms with Gasteiger partial charge in [-0.3, -0.25) is 29.8 Å². The van der Waals surface area contributed by atoms with Crippen LogP contribution in [-0.2, 0) is 0 Å². The molecule has 0 atom stereocenters. The van der Waals surface area contributed by atoms with Crippen molar-refractivity contribution >= 4 is 29.0 Å². The van der Waals surface area contributed by atoms with Gasteiger partial charge >= 0.3 is 0 Å². The Morgan fingerprint density at radius 1 is 0.833 bits per heavy atom. The molecule has 1 heterocycles. The first-order chi connectivity index (χ1) is 14.3. The van der Waals surface area contributed by atoms with Crippen LogP contribution in [0.5, 0.6) is 0 Å². The van der Waals surface area contributed by atoms with E-state index in [9.17, 15) is 29.8 Å². The van der Waals surface area contributed by atoms with E-state index in [2.05, 4.69) is 4.98 Å². The van der Waals surface area contributed by atoms with Crippen LogP contribution in [0.1, 0.15) is 26.3 Å². The largest absolute Gasteiger partial charge is 0.270 e. The van der Waals surface area contributed by atoms with Crippen molar-refractivity contribution in [2.75, 3.05) is 4.90 Å². The van der Waals surface area contributed by atoms with Crippen molar-refractivity contribution in [3.8, 4) is 0 Å². The van der Waals surface area contributed by atoms with E-state index in [4.69, 9.17) is 0 Å². The molecular weight excluding hydrogens is 392 g/mol. The fourth-order valence-corrected chi connectivity index (χ4v) is 2.71. The molecule has 0 saturated carbocycles. The molecular formula is C20H14N4O6. The third kappa shape index (κ3) is 4.17. The molecule has 3 rings (SSSR count). The van der Waals surface area contributed by atoms with Crippen LogP contribution in [0.15, 0.2) is 66.9 Å². The number of nitro groups is 2.